The summed E-state index contributed by atoms with van der Waals surface area (Å²) in [6, 6.07) is 10.2. The van der Waals surface area contributed by atoms with Crippen molar-refractivity contribution in [1.82, 2.24) is 24.7 Å². The molecule has 1 aromatic carbocycles. The van der Waals surface area contributed by atoms with Gasteiger partial charge in [-0.3, -0.25) is 9.78 Å². The van der Waals surface area contributed by atoms with Crippen LogP contribution in [0.4, 0.5) is 0 Å². The normalized spacial score (nSPS) is 11.3. The summed E-state index contributed by atoms with van der Waals surface area (Å²) in [5.74, 6) is 0.716. The SMILES string of the molecule is Cc1n[nH]c(=S)n1/N=C\c1cnn(Cc2ccccc2)c1. The van der Waals surface area contributed by atoms with Gasteiger partial charge in [-0.2, -0.15) is 20.0 Å². The van der Waals surface area contributed by atoms with E-state index in [1.54, 1.807) is 17.1 Å². The van der Waals surface area contributed by atoms with Crippen LogP contribution in [-0.4, -0.2) is 30.9 Å². The van der Waals surface area contributed by atoms with Gasteiger partial charge >= 0.3 is 0 Å². The second kappa shape index (κ2) is 5.84. The van der Waals surface area contributed by atoms with Gasteiger partial charge in [0.05, 0.1) is 19.0 Å². The maximum absolute atomic E-state index is 5.09. The van der Waals surface area contributed by atoms with Gasteiger partial charge in [0.2, 0.25) is 4.77 Å². The molecule has 106 valence electrons. The largest absolute Gasteiger partial charge is 0.268 e. The number of nitrogens with one attached hydrogen (secondary N) is 1. The third-order valence-electron chi connectivity index (χ3n) is 2.98. The summed E-state index contributed by atoms with van der Waals surface area (Å²) in [6.45, 7) is 2.57. The van der Waals surface area contributed by atoms with Gasteiger partial charge in [-0.1, -0.05) is 30.3 Å². The first-order chi connectivity index (χ1) is 10.2. The van der Waals surface area contributed by atoms with Crippen molar-refractivity contribution in [1.29, 1.82) is 0 Å². The second-order valence-electron chi connectivity index (χ2n) is 4.59. The lowest BCUT2D eigenvalue weighted by Crippen LogP contribution is -1.99. The summed E-state index contributed by atoms with van der Waals surface area (Å²) in [5.41, 5.74) is 2.12. The average molecular weight is 298 g/mol. The smallest absolute Gasteiger partial charge is 0.216 e. The molecule has 0 saturated carbocycles. The Morgan fingerprint density at radius 3 is 2.86 bits per heavy atom. The lowest BCUT2D eigenvalue weighted by Gasteiger charge is -2.00. The minimum atomic E-state index is 0.473. The number of nitrogens with zero attached hydrogens (tertiary/aromatic N) is 5. The van der Waals surface area contributed by atoms with Crippen molar-refractivity contribution in [2.45, 2.75) is 13.5 Å². The third kappa shape index (κ3) is 3.14. The summed E-state index contributed by atoms with van der Waals surface area (Å²) in [6.07, 6.45) is 5.42. The summed E-state index contributed by atoms with van der Waals surface area (Å²) < 4.78 is 3.92. The van der Waals surface area contributed by atoms with Crippen molar-refractivity contribution in [3.8, 4) is 0 Å². The zero-order chi connectivity index (χ0) is 14.7. The molecule has 0 aliphatic heterocycles. The molecule has 0 aliphatic carbocycles. The van der Waals surface area contributed by atoms with Crippen molar-refractivity contribution < 1.29 is 0 Å². The average Bonchev–Trinajstić information content (AvgIpc) is 3.06. The molecule has 1 N–H and O–H groups in total. The predicted molar refractivity (Wildman–Crippen MR) is 82.9 cm³/mol. The van der Waals surface area contributed by atoms with Gasteiger partial charge in [-0.05, 0) is 24.7 Å². The van der Waals surface area contributed by atoms with Crippen LogP contribution in [0.1, 0.15) is 17.0 Å². The molecule has 3 aromatic rings. The van der Waals surface area contributed by atoms with E-state index in [2.05, 4.69) is 32.5 Å². The maximum Gasteiger partial charge on any atom is 0.216 e. The third-order valence-corrected chi connectivity index (χ3v) is 3.24. The Bertz CT molecular complexity index is 811. The molecule has 0 aliphatic rings. The van der Waals surface area contributed by atoms with E-state index in [1.165, 1.54) is 5.56 Å². The highest BCUT2D eigenvalue weighted by Crippen LogP contribution is 2.03. The van der Waals surface area contributed by atoms with Crippen molar-refractivity contribution >= 4 is 18.4 Å². The van der Waals surface area contributed by atoms with Crippen molar-refractivity contribution in [2.24, 2.45) is 5.10 Å². The van der Waals surface area contributed by atoms with Gasteiger partial charge in [0.15, 0.2) is 0 Å². The fourth-order valence-corrected chi connectivity index (χ4v) is 2.16. The molecule has 21 heavy (non-hydrogen) atoms. The van der Waals surface area contributed by atoms with E-state index in [4.69, 9.17) is 12.2 Å². The Hall–Kier alpha value is -2.54. The topological polar surface area (TPSA) is 63.8 Å². The van der Waals surface area contributed by atoms with Crippen LogP contribution in [0.5, 0.6) is 0 Å². The number of aromatic nitrogens is 5. The highest BCUT2D eigenvalue weighted by Gasteiger charge is 2.00. The Kier molecular flexibility index (Phi) is 3.74. The van der Waals surface area contributed by atoms with Gasteiger partial charge in [0.1, 0.15) is 5.82 Å². The molecule has 6 nitrogen and oxygen atoms in total. The maximum atomic E-state index is 5.09. The molecule has 0 spiro atoms. The molecule has 0 amide bonds. The van der Waals surface area contributed by atoms with E-state index < -0.39 is 0 Å². The number of benzene rings is 1. The van der Waals surface area contributed by atoms with E-state index in [1.807, 2.05) is 36.0 Å². The number of aromatic amines is 1. The summed E-state index contributed by atoms with van der Waals surface area (Å²) in [5, 5.41) is 15.3. The fraction of sp³-hybridized carbons (Fsp3) is 0.143. The number of aryl methyl sites for hydroxylation is 1. The molecule has 0 unspecified atom stereocenters. The van der Waals surface area contributed by atoms with Crippen molar-refractivity contribution in [3.63, 3.8) is 0 Å². The molecule has 0 saturated heterocycles. The molecule has 0 bridgehead atoms. The standard InChI is InChI=1S/C14H14N6S/c1-11-17-18-14(21)20(11)16-8-13-7-15-19(10-13)9-12-5-3-2-4-6-12/h2-8,10H,9H2,1H3,(H,18,21)/b16-8-. The summed E-state index contributed by atoms with van der Waals surface area (Å²) in [4.78, 5) is 0. The summed E-state index contributed by atoms with van der Waals surface area (Å²) >= 11 is 5.09. The van der Waals surface area contributed by atoms with Crippen LogP contribution in [0, 0.1) is 11.7 Å². The van der Waals surface area contributed by atoms with E-state index in [0.29, 0.717) is 10.6 Å². The molecule has 3 rings (SSSR count). The van der Waals surface area contributed by atoms with E-state index in [0.717, 1.165) is 12.1 Å². The number of hydrogen-bond donors (Lipinski definition) is 1. The number of hydrogen-bond acceptors (Lipinski definition) is 4. The monoisotopic (exact) mass is 298 g/mol. The van der Waals surface area contributed by atoms with Crippen LogP contribution in [0.2, 0.25) is 0 Å². The molecule has 0 radical (unpaired) electrons. The van der Waals surface area contributed by atoms with Crippen LogP contribution in [-0.2, 0) is 6.54 Å². The van der Waals surface area contributed by atoms with Crippen molar-refractivity contribution in [3.05, 3.63) is 64.4 Å². The Morgan fingerprint density at radius 2 is 2.14 bits per heavy atom. The van der Waals surface area contributed by atoms with E-state index >= 15 is 0 Å². The fourth-order valence-electron chi connectivity index (χ4n) is 1.93. The van der Waals surface area contributed by atoms with Crippen LogP contribution < -0.4 is 0 Å². The highest BCUT2D eigenvalue weighted by atomic mass is 32.1. The van der Waals surface area contributed by atoms with Crippen LogP contribution in [0.25, 0.3) is 0 Å². The Balaban J connectivity index is 1.75. The molecular weight excluding hydrogens is 284 g/mol. The van der Waals surface area contributed by atoms with Crippen LogP contribution in [0.3, 0.4) is 0 Å². The lowest BCUT2D eigenvalue weighted by molar-refractivity contribution is 0.687. The zero-order valence-corrected chi connectivity index (χ0v) is 12.3. The quantitative estimate of drug-likeness (QED) is 0.594. The first-order valence-corrected chi connectivity index (χ1v) is 6.88. The predicted octanol–water partition coefficient (Wildman–Crippen LogP) is 2.38. The van der Waals surface area contributed by atoms with E-state index in [-0.39, 0.29) is 0 Å². The first kappa shape index (κ1) is 13.4. The molecule has 0 atom stereocenters. The van der Waals surface area contributed by atoms with Crippen LogP contribution in [0.15, 0.2) is 47.8 Å². The molecular formula is C14H14N6S. The van der Waals surface area contributed by atoms with Gasteiger partial charge in [0, 0.05) is 11.8 Å². The zero-order valence-electron chi connectivity index (χ0n) is 11.5. The lowest BCUT2D eigenvalue weighted by atomic mass is 10.2. The van der Waals surface area contributed by atoms with Gasteiger partial charge < -0.3 is 0 Å². The molecule has 7 heteroatoms. The number of rotatable bonds is 4. The van der Waals surface area contributed by atoms with Crippen molar-refractivity contribution in [2.75, 3.05) is 0 Å². The van der Waals surface area contributed by atoms with E-state index in [9.17, 15) is 0 Å². The minimum Gasteiger partial charge on any atom is -0.268 e. The first-order valence-electron chi connectivity index (χ1n) is 6.47. The Labute approximate surface area is 126 Å². The Morgan fingerprint density at radius 1 is 1.33 bits per heavy atom. The van der Waals surface area contributed by atoms with Crippen LogP contribution >= 0.6 is 12.2 Å². The van der Waals surface area contributed by atoms with Gasteiger partial charge in [-0.15, -0.1) is 0 Å². The second-order valence-corrected chi connectivity index (χ2v) is 4.98. The number of H-pyrrole nitrogens is 1. The van der Waals surface area contributed by atoms with Gasteiger partial charge in [0.25, 0.3) is 0 Å². The molecule has 0 fully saturated rings. The molecule has 2 aromatic heterocycles. The highest BCUT2D eigenvalue weighted by molar-refractivity contribution is 7.71. The molecule has 2 heterocycles. The van der Waals surface area contributed by atoms with Gasteiger partial charge in [-0.25, -0.2) is 0 Å². The summed E-state index contributed by atoms with van der Waals surface area (Å²) in [7, 11) is 0. The minimum absolute atomic E-state index is 0.473.